The largest absolute Gasteiger partial charge is 0.303 e. The highest BCUT2D eigenvalue weighted by Gasteiger charge is 2.21. The van der Waals surface area contributed by atoms with Crippen molar-refractivity contribution in [2.75, 3.05) is 0 Å². The summed E-state index contributed by atoms with van der Waals surface area (Å²) in [4.78, 5) is 11.0. The van der Waals surface area contributed by atoms with Crippen LogP contribution >= 0.6 is 11.6 Å². The molecule has 1 aliphatic carbocycles. The second-order valence-electron chi connectivity index (χ2n) is 3.65. The van der Waals surface area contributed by atoms with Crippen molar-refractivity contribution in [1.29, 1.82) is 0 Å². The summed E-state index contributed by atoms with van der Waals surface area (Å²) in [6.07, 6.45) is -2.36. The van der Waals surface area contributed by atoms with Gasteiger partial charge >= 0.3 is 0 Å². The second-order valence-corrected chi connectivity index (χ2v) is 4.09. The third-order valence-electron chi connectivity index (χ3n) is 2.64. The molecule has 0 bridgehead atoms. The fraction of sp³-hybridized carbons (Fsp3) is 0.462. The van der Waals surface area contributed by atoms with Gasteiger partial charge in [0.2, 0.25) is 0 Å². The lowest BCUT2D eigenvalue weighted by Crippen LogP contribution is -2.13. The van der Waals surface area contributed by atoms with Crippen molar-refractivity contribution >= 4 is 17.9 Å². The molecule has 1 saturated carbocycles. The van der Waals surface area contributed by atoms with Gasteiger partial charge in [-0.3, -0.25) is 0 Å². The van der Waals surface area contributed by atoms with Gasteiger partial charge in [-0.1, -0.05) is 23.7 Å². The minimum absolute atomic E-state index is 0.131. The van der Waals surface area contributed by atoms with Crippen LogP contribution in [0.5, 0.6) is 0 Å². The van der Waals surface area contributed by atoms with Crippen LogP contribution in [0.25, 0.3) is 0 Å². The van der Waals surface area contributed by atoms with Crippen molar-refractivity contribution in [1.82, 2.24) is 0 Å². The Morgan fingerprint density at radius 3 is 2.80 bits per heavy atom. The number of hydrogen-bond donors (Lipinski definition) is 0. The van der Waals surface area contributed by atoms with Gasteiger partial charge in [-0.25, -0.2) is 0 Å². The Balaban J connectivity index is 2.32. The van der Waals surface area contributed by atoms with E-state index in [1.165, 1.54) is 0 Å². The Morgan fingerprint density at radius 2 is 2.13 bits per heavy atom. The summed E-state index contributed by atoms with van der Waals surface area (Å²) in [5.74, 6) is -2.13. The van der Waals surface area contributed by atoms with E-state index in [1.807, 2.05) is 0 Å². The SMILES string of the molecule is [2H]C1[C@@H](c2ccc(Cl)cc2)CC[C@]([2H])(C=O)C1([2H])[2H]. The number of rotatable bonds is 2. The van der Waals surface area contributed by atoms with Gasteiger partial charge in [-0.15, -0.1) is 0 Å². The van der Waals surface area contributed by atoms with E-state index < -0.39 is 18.7 Å². The molecule has 3 atom stereocenters. The van der Waals surface area contributed by atoms with Crippen molar-refractivity contribution in [3.63, 3.8) is 0 Å². The average molecular weight is 227 g/mol. The molecule has 0 saturated heterocycles. The fourth-order valence-corrected chi connectivity index (χ4v) is 1.87. The topological polar surface area (TPSA) is 17.1 Å². The third kappa shape index (κ3) is 2.60. The molecule has 0 amide bonds. The summed E-state index contributed by atoms with van der Waals surface area (Å²) >= 11 is 5.81. The molecular weight excluding hydrogens is 208 g/mol. The molecule has 0 radical (unpaired) electrons. The molecule has 80 valence electrons. The van der Waals surface area contributed by atoms with Crippen LogP contribution in [0.1, 0.15) is 42.6 Å². The van der Waals surface area contributed by atoms with E-state index in [1.54, 1.807) is 24.3 Å². The van der Waals surface area contributed by atoms with E-state index in [2.05, 4.69) is 0 Å². The second kappa shape index (κ2) is 4.80. The number of carbonyl (C=O) groups is 1. The molecule has 2 heteroatoms. The molecule has 0 spiro atoms. The van der Waals surface area contributed by atoms with E-state index in [4.69, 9.17) is 17.1 Å². The Kier molecular flexibility index (Phi) is 2.14. The third-order valence-corrected chi connectivity index (χ3v) is 2.89. The Labute approximate surface area is 101 Å². The summed E-state index contributed by atoms with van der Waals surface area (Å²) in [7, 11) is 0. The number of aldehydes is 1. The predicted octanol–water partition coefficient (Wildman–Crippen LogP) is 3.81. The molecule has 1 aromatic carbocycles. The first-order valence-corrected chi connectivity index (χ1v) is 5.34. The van der Waals surface area contributed by atoms with E-state index in [0.717, 1.165) is 5.56 Å². The molecular formula is C13H15ClO. The maximum Gasteiger partial charge on any atom is 0.123 e. The zero-order valence-electron chi connectivity index (χ0n) is 12.2. The van der Waals surface area contributed by atoms with E-state index in [0.29, 0.717) is 17.7 Å². The van der Waals surface area contributed by atoms with E-state index >= 15 is 0 Å². The Hall–Kier alpha value is -0.820. The number of hydrogen-bond acceptors (Lipinski definition) is 1. The van der Waals surface area contributed by atoms with Gasteiger partial charge in [0.15, 0.2) is 0 Å². The van der Waals surface area contributed by atoms with Crippen LogP contribution in [0.2, 0.25) is 5.02 Å². The van der Waals surface area contributed by atoms with E-state index in [9.17, 15) is 4.79 Å². The standard InChI is InChI=1S/C13H15ClO/c14-13-7-5-12(6-8-13)11-3-1-10(9-15)2-4-11/h5-11H,1-4H2/t10-,11-/i1D2,3D,10D/t3?,10-,11-/m1/s1. The highest BCUT2D eigenvalue weighted by atomic mass is 35.5. The predicted molar refractivity (Wildman–Crippen MR) is 62.2 cm³/mol. The molecule has 0 heterocycles. The summed E-state index contributed by atoms with van der Waals surface area (Å²) < 4.78 is 31.9. The monoisotopic (exact) mass is 226 g/mol. The maximum absolute atomic E-state index is 11.0. The molecule has 0 aromatic heterocycles. The van der Waals surface area contributed by atoms with Gasteiger partial charge in [0.05, 0.1) is 0 Å². The molecule has 0 N–H and O–H groups in total. The lowest BCUT2D eigenvalue weighted by molar-refractivity contribution is -0.111. The van der Waals surface area contributed by atoms with Crippen LogP contribution < -0.4 is 0 Å². The minimum Gasteiger partial charge on any atom is -0.303 e. The zero-order valence-corrected chi connectivity index (χ0v) is 9.00. The highest BCUT2D eigenvalue weighted by Crippen LogP contribution is 2.35. The molecule has 1 unspecified atom stereocenters. The smallest absolute Gasteiger partial charge is 0.123 e. The van der Waals surface area contributed by atoms with Crippen LogP contribution in [0.3, 0.4) is 0 Å². The van der Waals surface area contributed by atoms with Gasteiger partial charge in [-0.2, -0.15) is 0 Å². The summed E-state index contributed by atoms with van der Waals surface area (Å²) in [6, 6.07) is 6.98. The fourth-order valence-electron chi connectivity index (χ4n) is 1.74. The molecule has 2 rings (SSSR count). The average Bonchev–Trinajstić information content (AvgIpc) is 2.38. The van der Waals surface area contributed by atoms with Crippen molar-refractivity contribution in [2.45, 2.75) is 31.5 Å². The van der Waals surface area contributed by atoms with Crippen LogP contribution in [-0.4, -0.2) is 6.29 Å². The Morgan fingerprint density at radius 1 is 1.40 bits per heavy atom. The summed E-state index contributed by atoms with van der Waals surface area (Å²) in [6.45, 7) is 0. The van der Waals surface area contributed by atoms with Gasteiger partial charge in [-0.05, 0) is 49.2 Å². The number of halogens is 1. The van der Waals surface area contributed by atoms with Crippen LogP contribution in [0.4, 0.5) is 0 Å². The first kappa shape index (κ1) is 6.70. The van der Waals surface area contributed by atoms with Crippen molar-refractivity contribution < 1.29 is 10.3 Å². The van der Waals surface area contributed by atoms with Gasteiger partial charge < -0.3 is 4.79 Å². The Bertz CT molecular complexity index is 476. The van der Waals surface area contributed by atoms with Crippen LogP contribution in [0, 0.1) is 5.89 Å². The number of benzene rings is 1. The summed E-state index contributed by atoms with van der Waals surface area (Å²) in [5, 5.41) is 0.590. The number of carbonyl (C=O) groups excluding carboxylic acids is 1. The quantitative estimate of drug-likeness (QED) is 0.701. The van der Waals surface area contributed by atoms with Crippen molar-refractivity contribution in [2.24, 2.45) is 5.89 Å². The zero-order chi connectivity index (χ0) is 14.3. The molecule has 15 heavy (non-hydrogen) atoms. The first-order chi connectivity index (χ1) is 8.82. The van der Waals surface area contributed by atoms with Gasteiger partial charge in [0, 0.05) is 16.4 Å². The van der Waals surface area contributed by atoms with Crippen molar-refractivity contribution in [3.8, 4) is 0 Å². The maximum atomic E-state index is 11.0. The normalized spacial score (nSPS) is 43.3. The highest BCUT2D eigenvalue weighted by molar-refractivity contribution is 6.30. The lowest BCUT2D eigenvalue weighted by Gasteiger charge is -2.25. The molecule has 1 aliphatic rings. The molecule has 1 nitrogen and oxygen atoms in total. The van der Waals surface area contributed by atoms with Crippen molar-refractivity contribution in [3.05, 3.63) is 34.9 Å². The van der Waals surface area contributed by atoms with Gasteiger partial charge in [0.1, 0.15) is 6.29 Å². The minimum atomic E-state index is -2.16. The van der Waals surface area contributed by atoms with Gasteiger partial charge in [0.25, 0.3) is 0 Å². The summed E-state index contributed by atoms with van der Waals surface area (Å²) in [5.41, 5.74) is 0.834. The van der Waals surface area contributed by atoms with Crippen LogP contribution in [0.15, 0.2) is 24.3 Å². The van der Waals surface area contributed by atoms with E-state index in [-0.39, 0.29) is 12.3 Å². The lowest BCUT2D eigenvalue weighted by atomic mass is 9.79. The molecule has 1 aromatic rings. The molecule has 0 aliphatic heterocycles. The first-order valence-electron chi connectivity index (χ1n) is 7.03. The van der Waals surface area contributed by atoms with Crippen LogP contribution in [-0.2, 0) is 4.79 Å². The molecule has 1 fully saturated rings.